The van der Waals surface area contributed by atoms with E-state index in [-0.39, 0.29) is 47.6 Å². The van der Waals surface area contributed by atoms with Crippen molar-refractivity contribution in [2.75, 3.05) is 0 Å². The number of aliphatic hydroxyl groups excluding tert-OH is 1. The van der Waals surface area contributed by atoms with Crippen LogP contribution in [0.4, 0.5) is 43.9 Å². The summed E-state index contributed by atoms with van der Waals surface area (Å²) in [5, 5.41) is 11.1. The van der Waals surface area contributed by atoms with Gasteiger partial charge in [-0.2, -0.15) is 0 Å². The zero-order valence-corrected chi connectivity index (χ0v) is 28.4. The molecule has 1 atom stereocenters. The third-order valence-corrected chi connectivity index (χ3v) is 8.36. The van der Waals surface area contributed by atoms with Gasteiger partial charge in [0.05, 0.1) is 28.2 Å². The molecule has 0 amide bonds. The quantitative estimate of drug-likeness (QED) is 0.0832. The van der Waals surface area contributed by atoms with Gasteiger partial charge < -0.3 is 15.1 Å². The zero-order valence-electron chi connectivity index (χ0n) is 25.4. The summed E-state index contributed by atoms with van der Waals surface area (Å²) < 4.78 is 148. The van der Waals surface area contributed by atoms with Gasteiger partial charge in [0.2, 0.25) is 11.6 Å². The molecule has 0 saturated heterocycles. The van der Waals surface area contributed by atoms with Gasteiger partial charge in [-0.3, -0.25) is 4.98 Å². The Morgan fingerprint density at radius 3 is 1.58 bits per heavy atom. The molecule has 0 spiro atoms. The maximum absolute atomic E-state index is 15.3. The molecule has 2 aliphatic heterocycles. The van der Waals surface area contributed by atoms with Crippen LogP contribution in [0.5, 0.6) is 0 Å². The van der Waals surface area contributed by atoms with Gasteiger partial charge in [0, 0.05) is 11.1 Å². The van der Waals surface area contributed by atoms with E-state index < -0.39 is 109 Å². The minimum atomic E-state index is -2.45. The first-order chi connectivity index (χ1) is 23.1. The topological polar surface area (TPSA) is 74.2 Å². The molecule has 2 aromatic carbocycles. The molecule has 3 aromatic heterocycles. The number of hydrogen-bond donors (Lipinski definition) is 1. The van der Waals surface area contributed by atoms with E-state index in [2.05, 4.69) is 19.9 Å². The molecule has 5 aromatic rings. The summed E-state index contributed by atoms with van der Waals surface area (Å²) in [6.45, 7) is 3.26. The fourth-order valence-corrected chi connectivity index (χ4v) is 5.73. The Bertz CT molecular complexity index is 2420. The van der Waals surface area contributed by atoms with E-state index >= 15 is 17.6 Å². The number of aromatic nitrogens is 4. The van der Waals surface area contributed by atoms with E-state index in [0.717, 1.165) is 18.2 Å². The Balaban J connectivity index is 0.00000432. The maximum atomic E-state index is 15.3. The van der Waals surface area contributed by atoms with Crippen LogP contribution < -0.4 is 9.97 Å². The molecule has 1 N–H and O–H groups in total. The molecule has 0 fully saturated rings. The Morgan fingerprint density at radius 1 is 0.560 bits per heavy atom. The molecule has 2 aliphatic rings. The smallest absolute Gasteiger partial charge is 0.657 e. The number of halogens is 10. The Morgan fingerprint density at radius 2 is 1.02 bits per heavy atom. The molecule has 0 aliphatic carbocycles. The van der Waals surface area contributed by atoms with E-state index in [1.54, 1.807) is 13.8 Å². The molecule has 16 heteroatoms. The summed E-state index contributed by atoms with van der Waals surface area (Å²) in [4.78, 5) is 17.1. The van der Waals surface area contributed by atoms with Gasteiger partial charge in [0.1, 0.15) is 6.10 Å². The van der Waals surface area contributed by atoms with Crippen molar-refractivity contribution in [2.24, 2.45) is 0 Å². The summed E-state index contributed by atoms with van der Waals surface area (Å²) in [5.74, 6) is -23.1. The molecule has 250 valence electrons. The van der Waals surface area contributed by atoms with E-state index in [4.69, 9.17) is 0 Å². The molecule has 0 saturated carbocycles. The molecular weight excluding hydrogens is 736 g/mol. The summed E-state index contributed by atoms with van der Waals surface area (Å²) in [6, 6.07) is 7.20. The monoisotopic (exact) mass is 750 g/mol. The predicted molar refractivity (Wildman–Crippen MR) is 156 cm³/mol. The molecule has 0 radical (unpaired) electrons. The van der Waals surface area contributed by atoms with Crippen LogP contribution in [0, 0.1) is 58.2 Å². The summed E-state index contributed by atoms with van der Waals surface area (Å²) in [5.41, 5.74) is -7.02. The van der Waals surface area contributed by atoms with Crippen LogP contribution in [0.2, 0.25) is 0 Å². The second-order valence-electron chi connectivity index (χ2n) is 11.7. The van der Waals surface area contributed by atoms with Crippen molar-refractivity contribution in [3.8, 4) is 22.3 Å². The van der Waals surface area contributed by atoms with Crippen molar-refractivity contribution in [3.05, 3.63) is 117 Å². The van der Waals surface area contributed by atoms with Crippen LogP contribution in [0.3, 0.4) is 0 Å². The van der Waals surface area contributed by atoms with Gasteiger partial charge in [0.15, 0.2) is 46.5 Å². The Labute approximate surface area is 287 Å². The number of benzene rings is 2. The van der Waals surface area contributed by atoms with Gasteiger partial charge in [-0.25, -0.2) is 48.9 Å². The summed E-state index contributed by atoms with van der Waals surface area (Å²) in [7, 11) is 0. The minimum Gasteiger partial charge on any atom is -0.657 e. The number of rotatable bonds is 2. The van der Waals surface area contributed by atoms with Crippen LogP contribution in [-0.4, -0.2) is 15.1 Å². The Hall–Kier alpha value is -4.82. The molecule has 50 heavy (non-hydrogen) atoms. The third-order valence-electron chi connectivity index (χ3n) is 8.36. The normalized spacial score (nSPS) is 15.0. The molecular formula is C34H16F10N4OZn. The average molecular weight is 752 g/mol. The number of fused-ring (bicyclic) bond motifs is 8. The van der Waals surface area contributed by atoms with E-state index in [1.807, 2.05) is 0 Å². The molecule has 5 heterocycles. The van der Waals surface area contributed by atoms with Crippen molar-refractivity contribution in [1.29, 1.82) is 0 Å². The zero-order chi connectivity index (χ0) is 35.3. The standard InChI is InChI=1S/C34H16F10N4O.Zn/c1-34(2)18-10-12-4-6-14(46-12)20(22-25(37)29(41)32(44)30(42)26(22)38)16-8-7-15(47-16)19(21-23(35)27(39)31(43)28(40)24(21)36)13-5-3-11(45-13)9-17(48-18)33(34)49;/h3-10,33,49H,1-2H3;/q-2;+2. The van der Waals surface area contributed by atoms with Gasteiger partial charge in [-0.1, -0.05) is 44.2 Å². The first-order valence-corrected chi connectivity index (χ1v) is 14.2. The summed E-state index contributed by atoms with van der Waals surface area (Å²) >= 11 is 0. The molecule has 1 unspecified atom stereocenters. The second kappa shape index (κ2) is 12.2. The van der Waals surface area contributed by atoms with E-state index in [1.165, 1.54) is 30.3 Å². The van der Waals surface area contributed by atoms with E-state index in [9.17, 15) is 31.4 Å². The number of aliphatic hydroxyl groups is 1. The molecule has 8 bridgehead atoms. The van der Waals surface area contributed by atoms with Crippen molar-refractivity contribution in [2.45, 2.75) is 25.4 Å². The van der Waals surface area contributed by atoms with E-state index in [0.29, 0.717) is 0 Å². The van der Waals surface area contributed by atoms with Gasteiger partial charge in [0.25, 0.3) is 0 Å². The minimum absolute atomic E-state index is 0. The third kappa shape index (κ3) is 5.15. The van der Waals surface area contributed by atoms with Crippen molar-refractivity contribution in [3.63, 3.8) is 0 Å². The van der Waals surface area contributed by atoms with Crippen LogP contribution in [0.25, 0.3) is 56.5 Å². The van der Waals surface area contributed by atoms with Gasteiger partial charge >= 0.3 is 19.5 Å². The van der Waals surface area contributed by atoms with Crippen LogP contribution in [0.15, 0.2) is 36.4 Å². The van der Waals surface area contributed by atoms with Gasteiger partial charge in [-0.15, -0.1) is 22.1 Å². The van der Waals surface area contributed by atoms with Crippen molar-refractivity contribution >= 4 is 34.2 Å². The fraction of sp³-hybridized carbons (Fsp3) is 0.118. The van der Waals surface area contributed by atoms with Gasteiger partial charge in [-0.05, 0) is 29.3 Å². The fourth-order valence-electron chi connectivity index (χ4n) is 5.73. The largest absolute Gasteiger partial charge is 2.00 e. The summed E-state index contributed by atoms with van der Waals surface area (Å²) in [6.07, 6.45) is 1.19. The van der Waals surface area contributed by atoms with Crippen LogP contribution in [0.1, 0.15) is 42.7 Å². The molecule has 5 nitrogen and oxygen atoms in total. The first-order valence-electron chi connectivity index (χ1n) is 14.2. The Kier molecular flexibility index (Phi) is 8.55. The van der Waals surface area contributed by atoms with Crippen LogP contribution >= 0.6 is 0 Å². The number of hydrogen-bond acceptors (Lipinski definition) is 3. The first kappa shape index (κ1) is 35.0. The second-order valence-corrected chi connectivity index (χ2v) is 11.7. The predicted octanol–water partition coefficient (Wildman–Crippen LogP) is 8.48. The average Bonchev–Trinajstić information content (AvgIpc) is 3.88. The number of nitrogens with zero attached hydrogens (tertiary/aromatic N) is 4. The van der Waals surface area contributed by atoms with Crippen LogP contribution in [-0.2, 0) is 24.9 Å². The van der Waals surface area contributed by atoms with Crippen molar-refractivity contribution in [1.82, 2.24) is 19.9 Å². The SMILES string of the molecule is CC1(C)c2cc3ccc([n-]3)c(-c3c(F)c(F)c(F)c(F)c3F)c3ccc([n-]3)c(-c3c(F)c(F)c(F)c(F)c3F)c3nc(cc(n2)C1O)C=C3.[Zn+2]. The molecule has 7 rings (SSSR count). The van der Waals surface area contributed by atoms with Crippen molar-refractivity contribution < 1.29 is 68.5 Å². The maximum Gasteiger partial charge on any atom is 2.00 e.